The number of rotatable bonds is 0. The summed E-state index contributed by atoms with van der Waals surface area (Å²) in [6.45, 7) is 2.00. The largest absolute Gasteiger partial charge is 0.256 e. The van der Waals surface area contributed by atoms with Crippen LogP contribution in [-0.4, -0.2) is 4.98 Å². The number of nitriles is 1. The van der Waals surface area contributed by atoms with Gasteiger partial charge in [-0.05, 0) is 18.6 Å². The van der Waals surface area contributed by atoms with Gasteiger partial charge in [0.05, 0.1) is 17.1 Å². The highest BCUT2D eigenvalue weighted by molar-refractivity contribution is 5.86. The van der Waals surface area contributed by atoms with Crippen molar-refractivity contribution in [1.29, 1.82) is 5.26 Å². The molecule has 0 saturated carbocycles. The zero-order chi connectivity index (χ0) is 9.26. The number of nitrogens with zero attached hydrogens (tertiary/aromatic N) is 2. The Morgan fingerprint density at radius 1 is 1.31 bits per heavy atom. The average Bonchev–Trinajstić information content (AvgIpc) is 2.18. The fourth-order valence-corrected chi connectivity index (χ4v) is 1.42. The topological polar surface area (TPSA) is 36.7 Å². The van der Waals surface area contributed by atoms with E-state index in [4.69, 9.17) is 5.26 Å². The van der Waals surface area contributed by atoms with Crippen molar-refractivity contribution in [2.75, 3.05) is 0 Å². The van der Waals surface area contributed by atoms with Crippen LogP contribution in [0, 0.1) is 18.3 Å². The van der Waals surface area contributed by atoms with Crippen LogP contribution in [0.1, 0.15) is 11.1 Å². The summed E-state index contributed by atoms with van der Waals surface area (Å²) in [6.07, 6.45) is 1.67. The van der Waals surface area contributed by atoms with Crippen molar-refractivity contribution in [2.45, 2.75) is 6.92 Å². The van der Waals surface area contributed by atoms with Gasteiger partial charge in [0.2, 0.25) is 0 Å². The maximum atomic E-state index is 8.85. The van der Waals surface area contributed by atoms with Crippen molar-refractivity contribution in [2.24, 2.45) is 0 Å². The molecule has 0 aliphatic rings. The van der Waals surface area contributed by atoms with Crippen LogP contribution in [0.5, 0.6) is 0 Å². The number of benzene rings is 1. The van der Waals surface area contributed by atoms with Crippen molar-refractivity contribution < 1.29 is 0 Å². The molecule has 62 valence electrons. The number of para-hydroxylation sites is 1. The number of aromatic nitrogens is 1. The first-order valence-corrected chi connectivity index (χ1v) is 4.07. The van der Waals surface area contributed by atoms with Gasteiger partial charge in [0.25, 0.3) is 0 Å². The fraction of sp³-hybridized carbons (Fsp3) is 0.0909. The first-order chi connectivity index (χ1) is 6.33. The highest BCUT2D eigenvalue weighted by atomic mass is 14.6. The van der Waals surface area contributed by atoms with Gasteiger partial charge in [-0.3, -0.25) is 4.98 Å². The number of fused-ring (bicyclic) bond motifs is 1. The lowest BCUT2D eigenvalue weighted by atomic mass is 10.1. The summed E-state index contributed by atoms with van der Waals surface area (Å²) in [6, 6.07) is 9.76. The lowest BCUT2D eigenvalue weighted by Crippen LogP contribution is -1.85. The molecule has 0 N–H and O–H groups in total. The molecular weight excluding hydrogens is 160 g/mol. The van der Waals surface area contributed by atoms with Gasteiger partial charge in [0.1, 0.15) is 0 Å². The first kappa shape index (κ1) is 7.75. The van der Waals surface area contributed by atoms with E-state index in [0.29, 0.717) is 5.56 Å². The van der Waals surface area contributed by atoms with Crippen molar-refractivity contribution in [3.05, 3.63) is 41.6 Å². The third-order valence-corrected chi connectivity index (χ3v) is 2.09. The Balaban J connectivity index is 2.94. The van der Waals surface area contributed by atoms with Crippen molar-refractivity contribution in [3.8, 4) is 6.07 Å². The quantitative estimate of drug-likeness (QED) is 0.605. The second-order valence-electron chi connectivity index (χ2n) is 2.94. The minimum Gasteiger partial charge on any atom is -0.256 e. The van der Waals surface area contributed by atoms with Gasteiger partial charge >= 0.3 is 0 Å². The van der Waals surface area contributed by atoms with Crippen LogP contribution in [0.3, 0.4) is 0 Å². The summed E-state index contributed by atoms with van der Waals surface area (Å²) >= 11 is 0. The summed E-state index contributed by atoms with van der Waals surface area (Å²) in [5, 5.41) is 9.78. The Morgan fingerprint density at radius 2 is 2.15 bits per heavy atom. The normalized spacial score (nSPS) is 9.85. The van der Waals surface area contributed by atoms with Crippen LogP contribution in [0.4, 0.5) is 0 Å². The molecule has 0 atom stereocenters. The molecule has 13 heavy (non-hydrogen) atoms. The smallest absolute Gasteiger partial charge is 0.0999 e. The van der Waals surface area contributed by atoms with Gasteiger partial charge in [-0.15, -0.1) is 0 Å². The zero-order valence-corrected chi connectivity index (χ0v) is 7.28. The van der Waals surface area contributed by atoms with Crippen LogP contribution in [0.2, 0.25) is 0 Å². The summed E-state index contributed by atoms with van der Waals surface area (Å²) in [7, 11) is 0. The summed E-state index contributed by atoms with van der Waals surface area (Å²) in [4.78, 5) is 4.24. The molecule has 2 aromatic rings. The third kappa shape index (κ3) is 1.15. The Bertz CT molecular complexity index is 495. The minimum absolute atomic E-state index is 0.689. The van der Waals surface area contributed by atoms with Crippen molar-refractivity contribution in [3.63, 3.8) is 0 Å². The van der Waals surface area contributed by atoms with Gasteiger partial charge < -0.3 is 0 Å². The van der Waals surface area contributed by atoms with Gasteiger partial charge in [0.15, 0.2) is 0 Å². The van der Waals surface area contributed by atoms with Crippen LogP contribution in [0.15, 0.2) is 30.5 Å². The highest BCUT2D eigenvalue weighted by Crippen LogP contribution is 2.18. The Labute approximate surface area is 76.5 Å². The average molecular weight is 168 g/mol. The number of pyridine rings is 1. The van der Waals surface area contributed by atoms with Crippen LogP contribution < -0.4 is 0 Å². The van der Waals surface area contributed by atoms with Crippen LogP contribution in [0.25, 0.3) is 10.9 Å². The number of aryl methyl sites for hydroxylation is 1. The summed E-state index contributed by atoms with van der Waals surface area (Å²) < 4.78 is 0. The molecular formula is C11H8N2. The fourth-order valence-electron chi connectivity index (χ4n) is 1.42. The Morgan fingerprint density at radius 3 is 2.92 bits per heavy atom. The van der Waals surface area contributed by atoms with E-state index in [1.54, 1.807) is 12.3 Å². The van der Waals surface area contributed by atoms with E-state index in [-0.39, 0.29) is 0 Å². The highest BCUT2D eigenvalue weighted by Gasteiger charge is 2.01. The summed E-state index contributed by atoms with van der Waals surface area (Å²) in [5.41, 5.74) is 2.71. The van der Waals surface area contributed by atoms with E-state index in [9.17, 15) is 0 Å². The Hall–Kier alpha value is -1.88. The molecule has 1 heterocycles. The molecule has 0 fully saturated rings. The van der Waals surface area contributed by atoms with Crippen LogP contribution >= 0.6 is 0 Å². The summed E-state index contributed by atoms with van der Waals surface area (Å²) in [5.74, 6) is 0. The van der Waals surface area contributed by atoms with E-state index >= 15 is 0 Å². The molecule has 0 saturated heterocycles. The molecule has 1 aromatic carbocycles. The van der Waals surface area contributed by atoms with Gasteiger partial charge in [-0.2, -0.15) is 5.26 Å². The SMILES string of the molecule is Cc1cccc2c(C#N)ccnc12. The first-order valence-electron chi connectivity index (χ1n) is 4.07. The predicted octanol–water partition coefficient (Wildman–Crippen LogP) is 2.41. The van der Waals surface area contributed by atoms with Gasteiger partial charge in [-0.25, -0.2) is 0 Å². The molecule has 0 aliphatic heterocycles. The molecule has 0 unspecified atom stereocenters. The Kier molecular flexibility index (Phi) is 1.71. The lowest BCUT2D eigenvalue weighted by molar-refractivity contribution is 1.35. The minimum atomic E-state index is 0.689. The molecule has 0 radical (unpaired) electrons. The van der Waals surface area contributed by atoms with E-state index in [1.165, 1.54) is 0 Å². The molecule has 2 rings (SSSR count). The zero-order valence-electron chi connectivity index (χ0n) is 7.28. The second kappa shape index (κ2) is 2.87. The number of hydrogen-bond donors (Lipinski definition) is 0. The molecule has 0 aliphatic carbocycles. The lowest BCUT2D eigenvalue weighted by Gasteiger charge is -2.00. The maximum Gasteiger partial charge on any atom is 0.0999 e. The molecule has 0 bridgehead atoms. The third-order valence-electron chi connectivity index (χ3n) is 2.09. The van der Waals surface area contributed by atoms with Crippen molar-refractivity contribution in [1.82, 2.24) is 4.98 Å². The van der Waals surface area contributed by atoms with Crippen LogP contribution in [-0.2, 0) is 0 Å². The molecule has 0 amide bonds. The van der Waals surface area contributed by atoms with Gasteiger partial charge in [0, 0.05) is 11.6 Å². The molecule has 2 nitrogen and oxygen atoms in total. The molecule has 1 aromatic heterocycles. The van der Waals surface area contributed by atoms with Gasteiger partial charge in [-0.1, -0.05) is 18.2 Å². The molecule has 2 heteroatoms. The standard InChI is InChI=1S/C11H8N2/c1-8-3-2-4-10-9(7-12)5-6-13-11(8)10/h2-6H,1H3. The maximum absolute atomic E-state index is 8.85. The second-order valence-corrected chi connectivity index (χ2v) is 2.94. The van der Waals surface area contributed by atoms with E-state index in [0.717, 1.165) is 16.5 Å². The number of hydrogen-bond acceptors (Lipinski definition) is 2. The van der Waals surface area contributed by atoms with Crippen molar-refractivity contribution >= 4 is 10.9 Å². The molecule has 0 spiro atoms. The van der Waals surface area contributed by atoms with E-state index < -0.39 is 0 Å². The van der Waals surface area contributed by atoms with E-state index in [2.05, 4.69) is 11.1 Å². The monoisotopic (exact) mass is 168 g/mol. The predicted molar refractivity (Wildman–Crippen MR) is 51.2 cm³/mol. The van der Waals surface area contributed by atoms with E-state index in [1.807, 2.05) is 25.1 Å².